The van der Waals surface area contributed by atoms with Crippen molar-refractivity contribution in [2.45, 2.75) is 18.7 Å². The van der Waals surface area contributed by atoms with E-state index in [9.17, 15) is 13.2 Å². The van der Waals surface area contributed by atoms with Gasteiger partial charge >= 0.3 is 6.18 Å². The molecule has 0 radical (unpaired) electrons. The highest BCUT2D eigenvalue weighted by Crippen LogP contribution is 2.34. The first-order valence-electron chi connectivity index (χ1n) is 5.85. The van der Waals surface area contributed by atoms with E-state index in [1.807, 2.05) is 0 Å². The minimum atomic E-state index is -4.60. The molecule has 1 unspecified atom stereocenters. The zero-order valence-electron chi connectivity index (χ0n) is 10.4. The van der Waals surface area contributed by atoms with E-state index in [4.69, 9.17) is 20.4 Å². The second kappa shape index (κ2) is 5.58. The van der Waals surface area contributed by atoms with E-state index in [2.05, 4.69) is 5.16 Å². The van der Waals surface area contributed by atoms with Crippen molar-refractivity contribution in [1.29, 1.82) is 0 Å². The van der Waals surface area contributed by atoms with E-state index in [0.29, 0.717) is 19.6 Å². The van der Waals surface area contributed by atoms with E-state index in [1.54, 1.807) is 0 Å². The molecule has 3 N–H and O–H groups in total. The van der Waals surface area contributed by atoms with Crippen LogP contribution in [0, 0.1) is 0 Å². The summed E-state index contributed by atoms with van der Waals surface area (Å²) in [5.74, 6) is -0.402. The molecule has 0 amide bonds. The van der Waals surface area contributed by atoms with E-state index in [-0.39, 0.29) is 11.9 Å². The molecule has 20 heavy (non-hydrogen) atoms. The minimum absolute atomic E-state index is 0.202. The lowest BCUT2D eigenvalue weighted by molar-refractivity contribution is -0.137. The molecule has 110 valence electrons. The number of hydrogen-bond donors (Lipinski definition) is 2. The maximum atomic E-state index is 12.8. The second-order valence-corrected chi connectivity index (χ2v) is 4.29. The average molecular weight is 290 g/mol. The number of nitrogens with two attached hydrogens (primary N) is 1. The lowest BCUT2D eigenvalue weighted by atomic mass is 10.1. The smallest absolute Gasteiger partial charge is 0.417 e. The molecule has 0 spiro atoms. The van der Waals surface area contributed by atoms with Gasteiger partial charge in [-0.15, -0.1) is 0 Å². The summed E-state index contributed by atoms with van der Waals surface area (Å²) < 4.78 is 49.1. The van der Waals surface area contributed by atoms with Crippen molar-refractivity contribution in [3.63, 3.8) is 0 Å². The normalized spacial score (nSPS) is 20.1. The SMILES string of the molecule is N/C(=N/O)c1cc(OC2CCOC2)ccc1C(F)(F)F. The van der Waals surface area contributed by atoms with Crippen LogP contribution >= 0.6 is 0 Å². The van der Waals surface area contributed by atoms with E-state index >= 15 is 0 Å². The molecule has 1 aliphatic rings. The average Bonchev–Trinajstić information content (AvgIpc) is 2.89. The molecule has 1 aromatic carbocycles. The number of amidine groups is 1. The molecule has 1 atom stereocenters. The summed E-state index contributed by atoms with van der Waals surface area (Å²) in [4.78, 5) is 0. The van der Waals surface area contributed by atoms with Crippen LogP contribution in [0.3, 0.4) is 0 Å². The molecule has 1 aromatic rings. The predicted octanol–water partition coefficient (Wildman–Crippen LogP) is 1.97. The van der Waals surface area contributed by atoms with Crippen LogP contribution in [0.1, 0.15) is 17.5 Å². The number of benzene rings is 1. The molecule has 8 heteroatoms. The quantitative estimate of drug-likeness (QED) is 0.386. The van der Waals surface area contributed by atoms with Gasteiger partial charge in [-0.25, -0.2) is 0 Å². The first-order chi connectivity index (χ1) is 9.41. The van der Waals surface area contributed by atoms with Gasteiger partial charge in [0.15, 0.2) is 5.84 Å². The van der Waals surface area contributed by atoms with Gasteiger partial charge in [-0.2, -0.15) is 13.2 Å². The highest BCUT2D eigenvalue weighted by molar-refractivity contribution is 5.99. The number of ether oxygens (including phenoxy) is 2. The minimum Gasteiger partial charge on any atom is -0.488 e. The van der Waals surface area contributed by atoms with Crippen LogP contribution in [-0.4, -0.2) is 30.4 Å². The van der Waals surface area contributed by atoms with Crippen molar-refractivity contribution in [3.05, 3.63) is 29.3 Å². The highest BCUT2D eigenvalue weighted by Gasteiger charge is 2.34. The van der Waals surface area contributed by atoms with Gasteiger partial charge in [0.1, 0.15) is 11.9 Å². The summed E-state index contributed by atoms with van der Waals surface area (Å²) in [5, 5.41) is 11.2. The van der Waals surface area contributed by atoms with Gasteiger partial charge in [-0.1, -0.05) is 5.16 Å². The Hall–Kier alpha value is -1.96. The molecule has 2 rings (SSSR count). The fourth-order valence-corrected chi connectivity index (χ4v) is 1.91. The van der Waals surface area contributed by atoms with Crippen LogP contribution in [0.15, 0.2) is 23.4 Å². The van der Waals surface area contributed by atoms with Crippen molar-refractivity contribution in [2.75, 3.05) is 13.2 Å². The summed E-state index contributed by atoms with van der Waals surface area (Å²) in [7, 11) is 0. The summed E-state index contributed by atoms with van der Waals surface area (Å²) in [6, 6.07) is 3.16. The third-order valence-corrected chi connectivity index (χ3v) is 2.87. The van der Waals surface area contributed by atoms with Crippen LogP contribution in [0.5, 0.6) is 5.75 Å². The molecule has 1 fully saturated rings. The second-order valence-electron chi connectivity index (χ2n) is 4.29. The Kier molecular flexibility index (Phi) is 4.03. The molecule has 0 aromatic heterocycles. The van der Waals surface area contributed by atoms with Gasteiger partial charge in [0.2, 0.25) is 0 Å². The summed E-state index contributed by atoms with van der Waals surface area (Å²) in [5.41, 5.74) is 3.89. The summed E-state index contributed by atoms with van der Waals surface area (Å²) >= 11 is 0. The zero-order valence-corrected chi connectivity index (χ0v) is 10.4. The van der Waals surface area contributed by atoms with Crippen molar-refractivity contribution < 1.29 is 27.9 Å². The highest BCUT2D eigenvalue weighted by atomic mass is 19.4. The van der Waals surface area contributed by atoms with E-state index in [0.717, 1.165) is 12.1 Å². The summed E-state index contributed by atoms with van der Waals surface area (Å²) in [6.07, 6.45) is -4.13. The lowest BCUT2D eigenvalue weighted by Crippen LogP contribution is -2.21. The molecule has 1 heterocycles. The Morgan fingerprint density at radius 3 is 2.75 bits per heavy atom. The maximum absolute atomic E-state index is 12.8. The number of hydrogen-bond acceptors (Lipinski definition) is 4. The number of alkyl halides is 3. The topological polar surface area (TPSA) is 77.1 Å². The summed E-state index contributed by atoms with van der Waals surface area (Å²) in [6.45, 7) is 0.943. The largest absolute Gasteiger partial charge is 0.488 e. The van der Waals surface area contributed by atoms with Gasteiger partial charge < -0.3 is 20.4 Å². The van der Waals surface area contributed by atoms with E-state index < -0.39 is 23.1 Å². The molecule has 5 nitrogen and oxygen atoms in total. The van der Waals surface area contributed by atoms with Gasteiger partial charge in [-0.3, -0.25) is 0 Å². The Balaban J connectivity index is 2.33. The Bertz CT molecular complexity index is 511. The third-order valence-electron chi connectivity index (χ3n) is 2.87. The number of halogens is 3. The van der Waals surface area contributed by atoms with Gasteiger partial charge in [-0.05, 0) is 18.2 Å². The monoisotopic (exact) mass is 290 g/mol. The molecule has 0 bridgehead atoms. The Morgan fingerprint density at radius 1 is 1.45 bits per heavy atom. The van der Waals surface area contributed by atoms with Crippen molar-refractivity contribution >= 4 is 5.84 Å². The van der Waals surface area contributed by atoms with Crippen LogP contribution < -0.4 is 10.5 Å². The fraction of sp³-hybridized carbons (Fsp3) is 0.417. The third kappa shape index (κ3) is 3.13. The standard InChI is InChI=1S/C12H13F3N2O3/c13-12(14,15)10-2-1-7(5-9(10)11(16)17-18)20-8-3-4-19-6-8/h1-2,5,8,18H,3-4,6H2,(H2,16,17). The fourth-order valence-electron chi connectivity index (χ4n) is 1.91. The maximum Gasteiger partial charge on any atom is 0.417 e. The molecule has 1 saturated heterocycles. The zero-order chi connectivity index (χ0) is 14.8. The molecule has 0 saturated carbocycles. The predicted molar refractivity (Wildman–Crippen MR) is 63.8 cm³/mol. The van der Waals surface area contributed by atoms with Crippen LogP contribution in [0.25, 0.3) is 0 Å². The number of rotatable bonds is 3. The van der Waals surface area contributed by atoms with Gasteiger partial charge in [0.05, 0.1) is 18.8 Å². The number of oxime groups is 1. The molecule has 1 aliphatic heterocycles. The Morgan fingerprint density at radius 2 is 2.20 bits per heavy atom. The van der Waals surface area contributed by atoms with Crippen molar-refractivity contribution in [1.82, 2.24) is 0 Å². The van der Waals surface area contributed by atoms with Crippen molar-refractivity contribution in [2.24, 2.45) is 10.9 Å². The van der Waals surface area contributed by atoms with Crippen LogP contribution in [0.2, 0.25) is 0 Å². The first-order valence-corrected chi connectivity index (χ1v) is 5.85. The number of nitrogens with zero attached hydrogens (tertiary/aromatic N) is 1. The van der Waals surface area contributed by atoms with Gasteiger partial charge in [0, 0.05) is 12.0 Å². The molecular formula is C12H13F3N2O3. The van der Waals surface area contributed by atoms with Gasteiger partial charge in [0.25, 0.3) is 0 Å². The lowest BCUT2D eigenvalue weighted by Gasteiger charge is -2.16. The van der Waals surface area contributed by atoms with Crippen LogP contribution in [0.4, 0.5) is 13.2 Å². The molecule has 0 aliphatic carbocycles. The van der Waals surface area contributed by atoms with E-state index in [1.165, 1.54) is 6.07 Å². The van der Waals surface area contributed by atoms with Crippen molar-refractivity contribution in [3.8, 4) is 5.75 Å². The molecular weight excluding hydrogens is 277 g/mol. The van der Waals surface area contributed by atoms with Crippen LogP contribution in [-0.2, 0) is 10.9 Å². The Labute approximate surface area is 112 Å². The first kappa shape index (κ1) is 14.4.